The molecule has 0 radical (unpaired) electrons. The molecule has 0 saturated heterocycles. The van der Waals surface area contributed by atoms with E-state index in [2.05, 4.69) is 17.4 Å². The van der Waals surface area contributed by atoms with Crippen molar-refractivity contribution in [3.05, 3.63) is 89.7 Å². The molecule has 0 saturated carbocycles. The van der Waals surface area contributed by atoms with Crippen LogP contribution >= 0.6 is 0 Å². The number of nitrogens with one attached hydrogen (secondary N) is 1. The van der Waals surface area contributed by atoms with Crippen molar-refractivity contribution in [2.75, 3.05) is 7.11 Å². The lowest BCUT2D eigenvalue weighted by Gasteiger charge is -2.15. The number of amides is 1. The maximum atomic E-state index is 13.8. The monoisotopic (exact) mass is 363 g/mol. The maximum absolute atomic E-state index is 13.8. The van der Waals surface area contributed by atoms with Crippen LogP contribution in [0.3, 0.4) is 0 Å². The highest BCUT2D eigenvalue weighted by molar-refractivity contribution is 5.79. The molecule has 3 rings (SSSR count). The first-order chi connectivity index (χ1) is 13.1. The van der Waals surface area contributed by atoms with Gasteiger partial charge in [-0.05, 0) is 41.3 Å². The SMILES string of the molecule is COc1ccc([C@@H](C)NC(=O)Cc2ccc(-c3ccccc3)cc2)cc1F. The molecular weight excluding hydrogens is 341 g/mol. The number of carbonyl (C=O) groups is 1. The van der Waals surface area contributed by atoms with Crippen LogP contribution in [0.1, 0.15) is 24.1 Å². The van der Waals surface area contributed by atoms with Gasteiger partial charge in [0.1, 0.15) is 0 Å². The van der Waals surface area contributed by atoms with Crippen molar-refractivity contribution in [2.24, 2.45) is 0 Å². The van der Waals surface area contributed by atoms with Crippen LogP contribution in [0.25, 0.3) is 11.1 Å². The van der Waals surface area contributed by atoms with Crippen LogP contribution in [0.4, 0.5) is 4.39 Å². The topological polar surface area (TPSA) is 38.3 Å². The number of benzene rings is 3. The van der Waals surface area contributed by atoms with Gasteiger partial charge in [0.25, 0.3) is 0 Å². The number of ether oxygens (including phenoxy) is 1. The molecule has 138 valence electrons. The summed E-state index contributed by atoms with van der Waals surface area (Å²) in [6, 6.07) is 22.4. The van der Waals surface area contributed by atoms with Gasteiger partial charge in [0.15, 0.2) is 11.6 Å². The lowest BCUT2D eigenvalue weighted by Crippen LogP contribution is -2.28. The van der Waals surface area contributed by atoms with E-state index in [1.54, 1.807) is 12.1 Å². The largest absolute Gasteiger partial charge is 0.494 e. The number of carbonyl (C=O) groups excluding carboxylic acids is 1. The summed E-state index contributed by atoms with van der Waals surface area (Å²) in [5.74, 6) is -0.352. The summed E-state index contributed by atoms with van der Waals surface area (Å²) < 4.78 is 18.8. The summed E-state index contributed by atoms with van der Waals surface area (Å²) >= 11 is 0. The molecule has 3 nitrogen and oxygen atoms in total. The van der Waals surface area contributed by atoms with Crippen molar-refractivity contribution in [1.29, 1.82) is 0 Å². The van der Waals surface area contributed by atoms with E-state index in [4.69, 9.17) is 4.74 Å². The molecule has 0 aromatic heterocycles. The standard InChI is InChI=1S/C23H22FNO2/c1-16(20-12-13-22(27-2)21(24)15-20)25-23(26)14-17-8-10-19(11-9-17)18-6-4-3-5-7-18/h3-13,15-16H,14H2,1-2H3,(H,25,26)/t16-/m1/s1. The summed E-state index contributed by atoms with van der Waals surface area (Å²) in [6.07, 6.45) is 0.276. The average molecular weight is 363 g/mol. The molecule has 0 heterocycles. The average Bonchev–Trinajstić information content (AvgIpc) is 2.69. The second-order valence-electron chi connectivity index (χ2n) is 6.42. The van der Waals surface area contributed by atoms with Gasteiger partial charge in [-0.2, -0.15) is 0 Å². The Morgan fingerprint density at radius 3 is 2.30 bits per heavy atom. The molecule has 0 fully saturated rings. The van der Waals surface area contributed by atoms with Gasteiger partial charge in [0, 0.05) is 0 Å². The second kappa shape index (κ2) is 8.49. The van der Waals surface area contributed by atoms with Gasteiger partial charge in [-0.25, -0.2) is 4.39 Å². The summed E-state index contributed by atoms with van der Waals surface area (Å²) in [7, 11) is 1.42. The van der Waals surface area contributed by atoms with Gasteiger partial charge in [-0.15, -0.1) is 0 Å². The van der Waals surface area contributed by atoms with Crippen LogP contribution in [-0.4, -0.2) is 13.0 Å². The highest BCUT2D eigenvalue weighted by Gasteiger charge is 2.13. The molecule has 0 aliphatic rings. The Morgan fingerprint density at radius 1 is 1.00 bits per heavy atom. The Bertz CT molecular complexity index is 907. The molecule has 0 aliphatic heterocycles. The lowest BCUT2D eigenvalue weighted by atomic mass is 10.0. The third-order valence-electron chi connectivity index (χ3n) is 4.48. The third kappa shape index (κ3) is 4.73. The van der Waals surface area contributed by atoms with Gasteiger partial charge < -0.3 is 10.1 Å². The molecule has 0 bridgehead atoms. The van der Waals surface area contributed by atoms with E-state index in [0.717, 1.165) is 16.7 Å². The fourth-order valence-corrected chi connectivity index (χ4v) is 2.96. The van der Waals surface area contributed by atoms with Crippen molar-refractivity contribution < 1.29 is 13.9 Å². The quantitative estimate of drug-likeness (QED) is 0.675. The van der Waals surface area contributed by atoms with E-state index in [-0.39, 0.29) is 24.1 Å². The summed E-state index contributed by atoms with van der Waals surface area (Å²) in [5.41, 5.74) is 3.88. The highest BCUT2D eigenvalue weighted by Crippen LogP contribution is 2.22. The Labute approximate surface area is 158 Å². The van der Waals surface area contributed by atoms with Crippen LogP contribution in [0, 0.1) is 5.82 Å². The summed E-state index contributed by atoms with van der Waals surface area (Å²) in [5, 5.41) is 2.91. The number of methoxy groups -OCH3 is 1. The molecule has 0 aliphatic carbocycles. The van der Waals surface area contributed by atoms with E-state index < -0.39 is 5.82 Å². The van der Waals surface area contributed by atoms with E-state index >= 15 is 0 Å². The van der Waals surface area contributed by atoms with Gasteiger partial charge in [-0.1, -0.05) is 60.7 Å². The predicted octanol–water partition coefficient (Wildman–Crippen LogP) is 4.92. The molecule has 1 atom stereocenters. The smallest absolute Gasteiger partial charge is 0.224 e. The van der Waals surface area contributed by atoms with Crippen LogP contribution in [-0.2, 0) is 11.2 Å². The molecule has 3 aromatic carbocycles. The van der Waals surface area contributed by atoms with Crippen molar-refractivity contribution in [1.82, 2.24) is 5.32 Å². The van der Waals surface area contributed by atoms with Crippen molar-refractivity contribution in [3.63, 3.8) is 0 Å². The summed E-state index contributed by atoms with van der Waals surface area (Å²) in [6.45, 7) is 1.83. The van der Waals surface area contributed by atoms with Crippen LogP contribution < -0.4 is 10.1 Å². The molecule has 3 aromatic rings. The Kier molecular flexibility index (Phi) is 5.87. The number of rotatable bonds is 6. The molecule has 4 heteroatoms. The number of hydrogen-bond donors (Lipinski definition) is 1. The van der Waals surface area contributed by atoms with E-state index in [9.17, 15) is 9.18 Å². The minimum absolute atomic E-state index is 0.105. The number of hydrogen-bond acceptors (Lipinski definition) is 2. The first kappa shape index (κ1) is 18.6. The van der Waals surface area contributed by atoms with Crippen molar-refractivity contribution in [3.8, 4) is 16.9 Å². The van der Waals surface area contributed by atoms with Gasteiger partial charge >= 0.3 is 0 Å². The van der Waals surface area contributed by atoms with E-state index in [1.807, 2.05) is 49.4 Å². The van der Waals surface area contributed by atoms with Crippen molar-refractivity contribution in [2.45, 2.75) is 19.4 Å². The molecule has 0 spiro atoms. The van der Waals surface area contributed by atoms with E-state index in [1.165, 1.54) is 13.2 Å². The molecular formula is C23H22FNO2. The maximum Gasteiger partial charge on any atom is 0.224 e. The third-order valence-corrected chi connectivity index (χ3v) is 4.48. The lowest BCUT2D eigenvalue weighted by molar-refractivity contribution is -0.121. The first-order valence-corrected chi connectivity index (χ1v) is 8.84. The minimum atomic E-state index is -0.437. The molecule has 1 amide bonds. The Hall–Kier alpha value is -3.14. The highest BCUT2D eigenvalue weighted by atomic mass is 19.1. The van der Waals surface area contributed by atoms with Crippen molar-refractivity contribution >= 4 is 5.91 Å². The Balaban J connectivity index is 1.61. The van der Waals surface area contributed by atoms with E-state index in [0.29, 0.717) is 5.56 Å². The fraction of sp³-hybridized carbons (Fsp3) is 0.174. The fourth-order valence-electron chi connectivity index (χ4n) is 2.96. The normalized spacial score (nSPS) is 11.7. The number of halogens is 1. The zero-order valence-corrected chi connectivity index (χ0v) is 15.4. The van der Waals surface area contributed by atoms with Crippen LogP contribution in [0.5, 0.6) is 5.75 Å². The molecule has 1 N–H and O–H groups in total. The molecule has 0 unspecified atom stereocenters. The van der Waals surface area contributed by atoms with Gasteiger partial charge in [-0.3, -0.25) is 4.79 Å². The summed E-state index contributed by atoms with van der Waals surface area (Å²) in [4.78, 5) is 12.3. The Morgan fingerprint density at radius 2 is 1.67 bits per heavy atom. The minimum Gasteiger partial charge on any atom is -0.494 e. The van der Waals surface area contributed by atoms with Gasteiger partial charge in [0.05, 0.1) is 19.6 Å². The molecule has 27 heavy (non-hydrogen) atoms. The second-order valence-corrected chi connectivity index (χ2v) is 6.42. The van der Waals surface area contributed by atoms with Crippen LogP contribution in [0.2, 0.25) is 0 Å². The van der Waals surface area contributed by atoms with Crippen LogP contribution in [0.15, 0.2) is 72.8 Å². The zero-order valence-electron chi connectivity index (χ0n) is 15.4. The van der Waals surface area contributed by atoms with Gasteiger partial charge in [0.2, 0.25) is 5.91 Å². The zero-order chi connectivity index (χ0) is 19.2. The first-order valence-electron chi connectivity index (χ1n) is 8.84. The predicted molar refractivity (Wildman–Crippen MR) is 105 cm³/mol.